The van der Waals surface area contributed by atoms with Crippen LogP contribution in [0.5, 0.6) is 0 Å². The first-order valence-corrected chi connectivity index (χ1v) is 6.63. The van der Waals surface area contributed by atoms with E-state index in [0.717, 1.165) is 12.1 Å². The van der Waals surface area contributed by atoms with Crippen LogP contribution in [0.25, 0.3) is 0 Å². The molecule has 2 aromatic rings. The molecule has 0 aliphatic heterocycles. The molecule has 2 N–H and O–H groups in total. The normalized spacial score (nSPS) is 10.0. The lowest BCUT2D eigenvalue weighted by Crippen LogP contribution is -2.24. The Morgan fingerprint density at radius 2 is 1.91 bits per heavy atom. The highest BCUT2D eigenvalue weighted by Crippen LogP contribution is 2.14. The van der Waals surface area contributed by atoms with E-state index in [-0.39, 0.29) is 23.5 Å². The lowest BCUT2D eigenvalue weighted by atomic mass is 10.2. The molecule has 0 radical (unpaired) electrons. The summed E-state index contributed by atoms with van der Waals surface area (Å²) in [6.07, 6.45) is 2.82. The van der Waals surface area contributed by atoms with Gasteiger partial charge in [0, 0.05) is 30.1 Å². The molecule has 0 saturated carbocycles. The number of benzene rings is 1. The van der Waals surface area contributed by atoms with Crippen molar-refractivity contribution in [1.29, 1.82) is 0 Å². The third-order valence-corrected chi connectivity index (χ3v) is 2.84. The first-order chi connectivity index (χ1) is 11.0. The Labute approximate surface area is 131 Å². The van der Waals surface area contributed by atoms with Crippen molar-refractivity contribution in [1.82, 2.24) is 10.3 Å². The number of rotatable bonds is 5. The van der Waals surface area contributed by atoms with Gasteiger partial charge in [0.15, 0.2) is 11.6 Å². The lowest BCUT2D eigenvalue weighted by molar-refractivity contribution is 0.0953. The van der Waals surface area contributed by atoms with Crippen LogP contribution in [-0.4, -0.2) is 23.3 Å². The third-order valence-electron chi connectivity index (χ3n) is 2.84. The lowest BCUT2D eigenvalue weighted by Gasteiger charge is -2.07. The number of halogens is 2. The van der Waals surface area contributed by atoms with Crippen molar-refractivity contribution in [2.75, 3.05) is 11.9 Å². The molecule has 0 unspecified atom stereocenters. The van der Waals surface area contributed by atoms with Crippen LogP contribution in [0.4, 0.5) is 14.5 Å². The Balaban J connectivity index is 2.14. The number of pyridine rings is 1. The number of amides is 2. The highest BCUT2D eigenvalue weighted by atomic mass is 19.2. The maximum absolute atomic E-state index is 13.1. The topological polar surface area (TPSA) is 71.1 Å². The Hall–Kier alpha value is -3.09. The Kier molecular flexibility index (Phi) is 5.14. The second-order valence-corrected chi connectivity index (χ2v) is 4.51. The number of nitrogens with one attached hydrogen (secondary N) is 2. The van der Waals surface area contributed by atoms with Gasteiger partial charge in [-0.15, -0.1) is 6.58 Å². The first kappa shape index (κ1) is 16.3. The second kappa shape index (κ2) is 7.26. The van der Waals surface area contributed by atoms with Crippen molar-refractivity contribution >= 4 is 17.5 Å². The number of hydrogen-bond acceptors (Lipinski definition) is 3. The summed E-state index contributed by atoms with van der Waals surface area (Å²) >= 11 is 0. The average Bonchev–Trinajstić information content (AvgIpc) is 2.56. The van der Waals surface area contributed by atoms with E-state index in [1.165, 1.54) is 30.5 Å². The molecule has 0 atom stereocenters. The van der Waals surface area contributed by atoms with Gasteiger partial charge in [0.05, 0.1) is 0 Å². The van der Waals surface area contributed by atoms with Crippen molar-refractivity contribution in [2.24, 2.45) is 0 Å². The van der Waals surface area contributed by atoms with Gasteiger partial charge in [-0.1, -0.05) is 6.08 Å². The number of nitrogens with zero attached hydrogens (tertiary/aromatic N) is 1. The summed E-state index contributed by atoms with van der Waals surface area (Å²) in [4.78, 5) is 27.7. The molecule has 7 heteroatoms. The molecule has 5 nitrogen and oxygen atoms in total. The number of aromatic nitrogens is 1. The minimum absolute atomic E-state index is 0.0600. The quantitative estimate of drug-likeness (QED) is 0.833. The van der Waals surface area contributed by atoms with Gasteiger partial charge in [-0.05, 0) is 24.3 Å². The molecule has 2 rings (SSSR count). The van der Waals surface area contributed by atoms with Gasteiger partial charge in [-0.3, -0.25) is 14.6 Å². The zero-order valence-corrected chi connectivity index (χ0v) is 12.0. The van der Waals surface area contributed by atoms with E-state index in [2.05, 4.69) is 22.2 Å². The van der Waals surface area contributed by atoms with Crippen LogP contribution in [0, 0.1) is 11.6 Å². The zero-order valence-electron chi connectivity index (χ0n) is 12.0. The van der Waals surface area contributed by atoms with Gasteiger partial charge in [0.1, 0.15) is 5.69 Å². The third kappa shape index (κ3) is 4.19. The van der Waals surface area contributed by atoms with E-state index in [1.54, 1.807) is 0 Å². The largest absolute Gasteiger partial charge is 0.347 e. The second-order valence-electron chi connectivity index (χ2n) is 4.51. The minimum Gasteiger partial charge on any atom is -0.347 e. The zero-order chi connectivity index (χ0) is 16.8. The van der Waals surface area contributed by atoms with Crippen molar-refractivity contribution < 1.29 is 18.4 Å². The highest BCUT2D eigenvalue weighted by Gasteiger charge is 2.12. The summed E-state index contributed by atoms with van der Waals surface area (Å²) in [6, 6.07) is 5.71. The summed E-state index contributed by atoms with van der Waals surface area (Å²) in [5.74, 6) is -3.10. The SMILES string of the molecule is C=CCNC(=O)c1cc(C(=O)Nc2ccc(F)c(F)c2)ccn1. The van der Waals surface area contributed by atoms with Gasteiger partial charge in [0.2, 0.25) is 0 Å². The molecule has 0 aliphatic rings. The van der Waals surface area contributed by atoms with Crippen LogP contribution < -0.4 is 10.6 Å². The predicted molar refractivity (Wildman–Crippen MR) is 81.1 cm³/mol. The van der Waals surface area contributed by atoms with Crippen LogP contribution in [0.1, 0.15) is 20.8 Å². The highest BCUT2D eigenvalue weighted by molar-refractivity contribution is 6.05. The molecule has 1 aromatic heterocycles. The van der Waals surface area contributed by atoms with E-state index in [9.17, 15) is 18.4 Å². The summed E-state index contributed by atoms with van der Waals surface area (Å²) in [6.45, 7) is 3.75. The van der Waals surface area contributed by atoms with Crippen LogP contribution in [0.2, 0.25) is 0 Å². The molecule has 2 amide bonds. The molecule has 23 heavy (non-hydrogen) atoms. The van der Waals surface area contributed by atoms with Crippen molar-refractivity contribution in [3.8, 4) is 0 Å². The van der Waals surface area contributed by atoms with Gasteiger partial charge >= 0.3 is 0 Å². The molecule has 1 heterocycles. The fraction of sp³-hybridized carbons (Fsp3) is 0.0625. The molecular formula is C16H13F2N3O2. The van der Waals surface area contributed by atoms with Crippen LogP contribution >= 0.6 is 0 Å². The van der Waals surface area contributed by atoms with Crippen LogP contribution in [-0.2, 0) is 0 Å². The average molecular weight is 317 g/mol. The molecular weight excluding hydrogens is 304 g/mol. The predicted octanol–water partition coefficient (Wildman–Crippen LogP) is 2.53. The van der Waals surface area contributed by atoms with Gasteiger partial charge < -0.3 is 10.6 Å². The monoisotopic (exact) mass is 317 g/mol. The van der Waals surface area contributed by atoms with Gasteiger partial charge in [-0.25, -0.2) is 8.78 Å². The molecule has 0 spiro atoms. The maximum atomic E-state index is 13.1. The van der Waals surface area contributed by atoms with Crippen LogP contribution in [0.15, 0.2) is 49.2 Å². The molecule has 0 saturated heterocycles. The number of anilines is 1. The number of hydrogen-bond donors (Lipinski definition) is 2. The van der Waals surface area contributed by atoms with Crippen molar-refractivity contribution in [2.45, 2.75) is 0 Å². The standard InChI is InChI=1S/C16H13F2N3O2/c1-2-6-20-16(23)14-8-10(5-7-19-14)15(22)21-11-3-4-12(17)13(18)9-11/h2-5,7-9H,1,6H2,(H,20,23)(H,21,22). The van der Waals surface area contributed by atoms with Crippen molar-refractivity contribution in [3.63, 3.8) is 0 Å². The molecule has 1 aromatic carbocycles. The summed E-state index contributed by atoms with van der Waals surface area (Å²) in [5.41, 5.74) is 0.321. The number of carbonyl (C=O) groups is 2. The van der Waals surface area contributed by atoms with Crippen LogP contribution in [0.3, 0.4) is 0 Å². The van der Waals surface area contributed by atoms with E-state index < -0.39 is 23.4 Å². The Bertz CT molecular complexity index is 763. The molecule has 0 fully saturated rings. The molecule has 0 aliphatic carbocycles. The smallest absolute Gasteiger partial charge is 0.270 e. The van der Waals surface area contributed by atoms with Gasteiger partial charge in [0.25, 0.3) is 11.8 Å². The van der Waals surface area contributed by atoms with E-state index >= 15 is 0 Å². The maximum Gasteiger partial charge on any atom is 0.270 e. The van der Waals surface area contributed by atoms with E-state index in [0.29, 0.717) is 0 Å². The molecule has 118 valence electrons. The Morgan fingerprint density at radius 1 is 1.13 bits per heavy atom. The van der Waals surface area contributed by atoms with E-state index in [4.69, 9.17) is 0 Å². The van der Waals surface area contributed by atoms with E-state index in [1.807, 2.05) is 0 Å². The Morgan fingerprint density at radius 3 is 2.61 bits per heavy atom. The fourth-order valence-corrected chi connectivity index (χ4v) is 1.73. The summed E-state index contributed by atoms with van der Waals surface area (Å²) in [5, 5.41) is 4.95. The number of carbonyl (C=O) groups excluding carboxylic acids is 2. The minimum atomic E-state index is -1.07. The van der Waals surface area contributed by atoms with Crippen molar-refractivity contribution in [3.05, 3.63) is 72.1 Å². The molecule has 0 bridgehead atoms. The summed E-state index contributed by atoms with van der Waals surface area (Å²) < 4.78 is 26.0. The fourth-order valence-electron chi connectivity index (χ4n) is 1.73. The van der Waals surface area contributed by atoms with Gasteiger partial charge in [-0.2, -0.15) is 0 Å². The first-order valence-electron chi connectivity index (χ1n) is 6.63. The summed E-state index contributed by atoms with van der Waals surface area (Å²) in [7, 11) is 0.